The Morgan fingerprint density at radius 2 is 1.26 bits per heavy atom. The van der Waals surface area contributed by atoms with E-state index in [4.69, 9.17) is 9.47 Å². The van der Waals surface area contributed by atoms with Crippen molar-refractivity contribution in [2.75, 3.05) is 13.2 Å². The van der Waals surface area contributed by atoms with Gasteiger partial charge in [-0.15, -0.1) is 0 Å². The van der Waals surface area contributed by atoms with Crippen LogP contribution in [0.1, 0.15) is 129 Å². The van der Waals surface area contributed by atoms with Crippen LogP contribution in [0.4, 0.5) is 0 Å². The number of carbonyl (C=O) groups is 3. The summed E-state index contributed by atoms with van der Waals surface area (Å²) in [6.45, 7) is 4.38. The summed E-state index contributed by atoms with van der Waals surface area (Å²) in [7, 11) is 0. The van der Waals surface area contributed by atoms with E-state index in [1.54, 1.807) is 0 Å². The van der Waals surface area contributed by atoms with Crippen LogP contribution in [0.2, 0.25) is 0 Å². The van der Waals surface area contributed by atoms with Crippen LogP contribution in [0.5, 0.6) is 0 Å². The van der Waals surface area contributed by atoms with Crippen molar-refractivity contribution in [3.63, 3.8) is 0 Å². The summed E-state index contributed by atoms with van der Waals surface area (Å²) in [5, 5.41) is 2.82. The summed E-state index contributed by atoms with van der Waals surface area (Å²) in [5.41, 5.74) is 0. The Balaban J connectivity index is 2.02. The van der Waals surface area contributed by atoms with Gasteiger partial charge in [-0.2, -0.15) is 0 Å². The molecule has 0 aliphatic heterocycles. The number of aryl methyl sites for hydroxylation is 1. The molecule has 0 radical (unpaired) electrons. The minimum Gasteiger partial charge on any atom is -0.462 e. The van der Waals surface area contributed by atoms with Gasteiger partial charge in [-0.1, -0.05) is 103 Å². The molecule has 0 bridgehead atoms. The summed E-state index contributed by atoms with van der Waals surface area (Å²) in [5.74, 6) is -0.867. The molecule has 1 N–H and O–H groups in total. The normalized spacial score (nSPS) is 11.6. The highest BCUT2D eigenvalue weighted by atomic mass is 16.6. The minimum absolute atomic E-state index is 0.0594. The molecular weight excluding hydrogens is 492 g/mol. The number of esters is 2. The van der Waals surface area contributed by atoms with Gasteiger partial charge in [0.15, 0.2) is 18.5 Å². The van der Waals surface area contributed by atoms with E-state index in [1.807, 2.05) is 35.2 Å². The maximum absolute atomic E-state index is 12.2. The molecule has 39 heavy (non-hydrogen) atoms. The quantitative estimate of drug-likeness (QED) is 0.0846. The molecule has 7 heteroatoms. The number of pyridine rings is 1. The van der Waals surface area contributed by atoms with Crippen LogP contribution in [0, 0.1) is 0 Å². The van der Waals surface area contributed by atoms with Crippen LogP contribution in [0.3, 0.4) is 0 Å². The number of carbonyl (C=O) groups excluding carboxylic acids is 3. The number of rotatable bonds is 25. The second-order valence-corrected chi connectivity index (χ2v) is 10.6. The third kappa shape index (κ3) is 22.1. The molecule has 0 unspecified atom stereocenters. The standard InChI is InChI=1S/C32H54N2O5/c1-3-4-5-6-7-8-9-10-11-12-13-14-15-16-18-22-31(36)33-27-30(39-29(2)35)28-38-32(37)23-21-26-34-24-19-17-20-25-34/h17,19-20,24-25,30H,3-16,18,21-23,26-28H2,1-2H3/p+1/t30-/m0/s1. The van der Waals surface area contributed by atoms with Crippen molar-refractivity contribution >= 4 is 17.8 Å². The minimum atomic E-state index is -0.681. The van der Waals surface area contributed by atoms with Gasteiger partial charge in [-0.25, -0.2) is 4.57 Å². The molecule has 0 fully saturated rings. The molecule has 0 saturated carbocycles. The topological polar surface area (TPSA) is 85.6 Å². The van der Waals surface area contributed by atoms with Crippen LogP contribution < -0.4 is 9.88 Å². The molecule has 0 saturated heterocycles. The van der Waals surface area contributed by atoms with Gasteiger partial charge >= 0.3 is 11.9 Å². The number of unbranched alkanes of at least 4 members (excludes halogenated alkanes) is 14. The van der Waals surface area contributed by atoms with E-state index in [0.29, 0.717) is 12.8 Å². The summed E-state index contributed by atoms with van der Waals surface area (Å²) in [4.78, 5) is 35.7. The fourth-order valence-corrected chi connectivity index (χ4v) is 4.59. The van der Waals surface area contributed by atoms with Gasteiger partial charge in [0.25, 0.3) is 0 Å². The maximum atomic E-state index is 12.2. The highest BCUT2D eigenvalue weighted by molar-refractivity contribution is 5.76. The van der Waals surface area contributed by atoms with Gasteiger partial charge in [-0.3, -0.25) is 14.4 Å². The molecule has 1 aromatic heterocycles. The molecule has 1 heterocycles. The zero-order valence-electron chi connectivity index (χ0n) is 24.8. The lowest BCUT2D eigenvalue weighted by atomic mass is 10.0. The van der Waals surface area contributed by atoms with E-state index in [9.17, 15) is 14.4 Å². The van der Waals surface area contributed by atoms with E-state index in [2.05, 4.69) is 12.2 Å². The largest absolute Gasteiger partial charge is 0.462 e. The van der Waals surface area contributed by atoms with Crippen molar-refractivity contribution in [1.82, 2.24) is 5.32 Å². The first kappa shape index (κ1) is 34.6. The van der Waals surface area contributed by atoms with Gasteiger partial charge < -0.3 is 14.8 Å². The summed E-state index contributed by atoms with van der Waals surface area (Å²) in [6.07, 6.45) is 24.0. The van der Waals surface area contributed by atoms with E-state index in [0.717, 1.165) is 19.4 Å². The van der Waals surface area contributed by atoms with Gasteiger partial charge in [-0.05, 0) is 6.42 Å². The molecular formula is C32H55N2O5+. The zero-order chi connectivity index (χ0) is 28.4. The monoisotopic (exact) mass is 547 g/mol. The van der Waals surface area contributed by atoms with Crippen molar-refractivity contribution in [3.8, 4) is 0 Å². The highest BCUT2D eigenvalue weighted by Crippen LogP contribution is 2.13. The third-order valence-electron chi connectivity index (χ3n) is 6.87. The summed E-state index contributed by atoms with van der Waals surface area (Å²) in [6, 6.07) is 5.83. The number of hydrogen-bond donors (Lipinski definition) is 1. The van der Waals surface area contributed by atoms with Gasteiger partial charge in [0.2, 0.25) is 5.91 Å². The number of nitrogens with zero attached hydrogens (tertiary/aromatic N) is 1. The Bertz CT molecular complexity index is 756. The van der Waals surface area contributed by atoms with Crippen LogP contribution in [-0.2, 0) is 30.4 Å². The second kappa shape index (κ2) is 24.6. The molecule has 222 valence electrons. The van der Waals surface area contributed by atoms with E-state index in [1.165, 1.54) is 90.4 Å². The van der Waals surface area contributed by atoms with Gasteiger partial charge in [0, 0.05) is 31.9 Å². The number of aromatic nitrogens is 1. The second-order valence-electron chi connectivity index (χ2n) is 10.6. The predicted molar refractivity (Wildman–Crippen MR) is 155 cm³/mol. The fourth-order valence-electron chi connectivity index (χ4n) is 4.59. The number of nitrogens with one attached hydrogen (secondary N) is 1. The van der Waals surface area contributed by atoms with Crippen molar-refractivity contribution < 1.29 is 28.4 Å². The SMILES string of the molecule is CCCCCCCCCCCCCCCCCC(=O)NC[C@@H](COC(=O)CCC[n+]1ccccc1)OC(C)=O. The number of ether oxygens (including phenoxy) is 2. The predicted octanol–water partition coefficient (Wildman–Crippen LogP) is 6.61. The lowest BCUT2D eigenvalue weighted by Crippen LogP contribution is -2.38. The molecule has 7 nitrogen and oxygen atoms in total. The van der Waals surface area contributed by atoms with Crippen LogP contribution >= 0.6 is 0 Å². The van der Waals surface area contributed by atoms with Crippen molar-refractivity contribution in [3.05, 3.63) is 30.6 Å². The fraction of sp³-hybridized carbons (Fsp3) is 0.750. The van der Waals surface area contributed by atoms with E-state index < -0.39 is 12.1 Å². The Labute approximate surface area is 237 Å². The molecule has 0 spiro atoms. The van der Waals surface area contributed by atoms with Crippen LogP contribution in [0.15, 0.2) is 30.6 Å². The molecule has 1 rings (SSSR count). The van der Waals surface area contributed by atoms with Gasteiger partial charge in [0.05, 0.1) is 13.0 Å². The average molecular weight is 548 g/mol. The number of hydrogen-bond acceptors (Lipinski definition) is 5. The average Bonchev–Trinajstić information content (AvgIpc) is 2.92. The third-order valence-corrected chi connectivity index (χ3v) is 6.87. The smallest absolute Gasteiger partial charge is 0.306 e. The Kier molecular flexibility index (Phi) is 21.8. The molecule has 1 aromatic rings. The molecule has 0 aromatic carbocycles. The molecule has 1 atom stereocenters. The van der Waals surface area contributed by atoms with Crippen molar-refractivity contribution in [1.29, 1.82) is 0 Å². The van der Waals surface area contributed by atoms with E-state index >= 15 is 0 Å². The van der Waals surface area contributed by atoms with Crippen LogP contribution in [0.25, 0.3) is 0 Å². The van der Waals surface area contributed by atoms with Crippen molar-refractivity contribution in [2.45, 2.75) is 142 Å². The Hall–Kier alpha value is -2.44. The highest BCUT2D eigenvalue weighted by Gasteiger charge is 2.16. The van der Waals surface area contributed by atoms with Crippen LogP contribution in [-0.4, -0.2) is 37.1 Å². The Morgan fingerprint density at radius 1 is 0.718 bits per heavy atom. The maximum Gasteiger partial charge on any atom is 0.306 e. The zero-order valence-corrected chi connectivity index (χ0v) is 24.8. The first-order valence-corrected chi connectivity index (χ1v) is 15.5. The van der Waals surface area contributed by atoms with E-state index in [-0.39, 0.29) is 31.4 Å². The molecule has 0 aliphatic carbocycles. The Morgan fingerprint density at radius 3 is 1.79 bits per heavy atom. The number of amides is 1. The first-order valence-electron chi connectivity index (χ1n) is 15.5. The van der Waals surface area contributed by atoms with Crippen molar-refractivity contribution in [2.24, 2.45) is 0 Å². The molecule has 0 aliphatic rings. The lowest BCUT2D eigenvalue weighted by molar-refractivity contribution is -0.697. The van der Waals surface area contributed by atoms with Gasteiger partial charge in [0.1, 0.15) is 13.2 Å². The summed E-state index contributed by atoms with van der Waals surface area (Å²) < 4.78 is 12.5. The first-order chi connectivity index (χ1) is 19.0. The summed E-state index contributed by atoms with van der Waals surface area (Å²) >= 11 is 0. The lowest BCUT2D eigenvalue weighted by Gasteiger charge is -2.17. The molecule has 1 amide bonds.